The van der Waals surface area contributed by atoms with Crippen LogP contribution in [-0.4, -0.2) is 0 Å². The lowest BCUT2D eigenvalue weighted by atomic mass is 9.78. The van der Waals surface area contributed by atoms with Crippen LogP contribution < -0.4 is 0 Å². The minimum absolute atomic E-state index is 0.207. The summed E-state index contributed by atoms with van der Waals surface area (Å²) in [4.78, 5) is 0. The Hall–Kier alpha value is -3.02. The minimum atomic E-state index is 0.207. The smallest absolute Gasteiger partial charge is 0.138 e. The topological polar surface area (TPSA) is 17.1 Å². The molecule has 0 saturated heterocycles. The second-order valence-electron chi connectivity index (χ2n) is 7.61. The van der Waals surface area contributed by atoms with Crippen molar-refractivity contribution in [3.63, 3.8) is 0 Å². The van der Waals surface area contributed by atoms with Crippen LogP contribution in [0, 0.1) is 20.8 Å². The molecule has 0 radical (unpaired) electrons. The third-order valence-corrected chi connectivity index (χ3v) is 5.52. The number of rotatable bonds is 4. The van der Waals surface area contributed by atoms with Crippen LogP contribution in [0.3, 0.4) is 0 Å². The average molecular weight is 410 g/mol. The Kier molecular flexibility index (Phi) is 7.33. The van der Waals surface area contributed by atoms with Crippen LogP contribution in [-0.2, 0) is 4.57 Å². The van der Waals surface area contributed by atoms with Gasteiger partial charge in [-0.15, -0.1) is 0 Å². The van der Waals surface area contributed by atoms with Gasteiger partial charge in [0.15, 0.2) is 0 Å². The van der Waals surface area contributed by atoms with Gasteiger partial charge in [-0.1, -0.05) is 103 Å². The first-order valence-corrected chi connectivity index (χ1v) is 10.5. The molecule has 0 aliphatic heterocycles. The summed E-state index contributed by atoms with van der Waals surface area (Å²) >= 11 is 0. The summed E-state index contributed by atoms with van der Waals surface area (Å²) in [5.74, 6) is 0.207. The first-order chi connectivity index (χ1) is 14.6. The number of benzene rings is 4. The largest absolute Gasteiger partial charge is 0.279 e. The van der Waals surface area contributed by atoms with Gasteiger partial charge in [0.25, 0.3) is 0 Å². The molecule has 30 heavy (non-hydrogen) atoms. The predicted octanol–water partition coefficient (Wildman–Crippen LogP) is 7.93. The van der Waals surface area contributed by atoms with Crippen molar-refractivity contribution >= 4 is 9.12 Å². The molecule has 0 amide bonds. The van der Waals surface area contributed by atoms with Gasteiger partial charge >= 0.3 is 0 Å². The van der Waals surface area contributed by atoms with Crippen LogP contribution >= 0.6 is 9.12 Å². The van der Waals surface area contributed by atoms with Crippen molar-refractivity contribution < 1.29 is 4.57 Å². The van der Waals surface area contributed by atoms with Gasteiger partial charge in [0.05, 0.1) is 0 Å². The van der Waals surface area contributed by atoms with Crippen molar-refractivity contribution in [3.05, 3.63) is 130 Å². The zero-order valence-corrected chi connectivity index (χ0v) is 18.7. The maximum atomic E-state index is 8.06. The van der Waals surface area contributed by atoms with Crippen LogP contribution in [0.5, 0.6) is 0 Å². The second-order valence-corrected chi connectivity index (χ2v) is 7.61. The highest BCUT2D eigenvalue weighted by Crippen LogP contribution is 2.40. The van der Waals surface area contributed by atoms with Gasteiger partial charge in [0, 0.05) is 5.92 Å². The third-order valence-electron chi connectivity index (χ3n) is 5.52. The number of aryl methyl sites for hydroxylation is 3. The number of hydrogen-bond acceptors (Lipinski definition) is 1. The van der Waals surface area contributed by atoms with Crippen molar-refractivity contribution in [2.45, 2.75) is 26.7 Å². The molecule has 2 heteroatoms. The fraction of sp³-hybridized carbons (Fsp3) is 0.143. The third kappa shape index (κ3) is 4.58. The number of hydrogen-bond donors (Lipinski definition) is 0. The molecule has 0 spiro atoms. The Bertz CT molecular complexity index is 1080. The molecule has 0 saturated carbocycles. The Morgan fingerprint density at radius 2 is 1.13 bits per heavy atom. The molecule has 0 heterocycles. The highest BCUT2D eigenvalue weighted by Gasteiger charge is 2.23. The van der Waals surface area contributed by atoms with Gasteiger partial charge in [-0.3, -0.25) is 4.57 Å². The molecule has 1 nitrogen and oxygen atoms in total. The van der Waals surface area contributed by atoms with Crippen LogP contribution in [0.2, 0.25) is 0 Å². The fourth-order valence-corrected chi connectivity index (χ4v) is 4.42. The van der Waals surface area contributed by atoms with E-state index in [0.29, 0.717) is 0 Å². The van der Waals surface area contributed by atoms with Crippen molar-refractivity contribution in [1.82, 2.24) is 0 Å². The molecule has 150 valence electrons. The molecule has 4 aromatic rings. The molecular formula is C28H27OP. The van der Waals surface area contributed by atoms with Crippen LogP contribution in [0.15, 0.2) is 97.1 Å². The van der Waals surface area contributed by atoms with Crippen molar-refractivity contribution in [1.29, 1.82) is 0 Å². The van der Waals surface area contributed by atoms with Crippen molar-refractivity contribution in [3.8, 4) is 11.1 Å². The van der Waals surface area contributed by atoms with Gasteiger partial charge in [-0.05, 0) is 59.7 Å². The van der Waals surface area contributed by atoms with Crippen LogP contribution in [0.1, 0.15) is 39.3 Å². The van der Waals surface area contributed by atoms with Crippen LogP contribution in [0.4, 0.5) is 0 Å². The molecule has 0 aliphatic carbocycles. The van der Waals surface area contributed by atoms with Gasteiger partial charge in [-0.2, -0.15) is 0 Å². The van der Waals surface area contributed by atoms with E-state index >= 15 is 0 Å². The summed E-state index contributed by atoms with van der Waals surface area (Å²) in [6.45, 7) is 6.67. The van der Waals surface area contributed by atoms with Crippen LogP contribution in [0.25, 0.3) is 11.1 Å². The zero-order valence-electron chi connectivity index (χ0n) is 17.7. The standard InChI is InChI=1S/C28H26.HOP/c1-20-18-21(2)27(22(3)19-20)28(24-14-8-5-9-15-24)26-17-11-10-16-25(26)23-12-6-4-7-13-23;1-2/h4-19,28H,1-3H3;2H. The monoisotopic (exact) mass is 410 g/mol. The first-order valence-electron chi connectivity index (χ1n) is 10.1. The zero-order chi connectivity index (χ0) is 21.5. The second kappa shape index (κ2) is 10.1. The molecule has 0 aliphatic rings. The van der Waals surface area contributed by atoms with E-state index in [1.54, 1.807) is 9.12 Å². The van der Waals surface area contributed by atoms with Crippen molar-refractivity contribution in [2.75, 3.05) is 0 Å². The molecule has 0 aromatic heterocycles. The summed E-state index contributed by atoms with van der Waals surface area (Å²) in [6, 6.07) is 35.1. The summed E-state index contributed by atoms with van der Waals surface area (Å²) in [5.41, 5.74) is 10.7. The Balaban J connectivity index is 0.00000124. The van der Waals surface area contributed by atoms with E-state index < -0.39 is 0 Å². The quantitative estimate of drug-likeness (QED) is 0.246. The van der Waals surface area contributed by atoms with E-state index in [0.717, 1.165) is 0 Å². The van der Waals surface area contributed by atoms with Gasteiger partial charge in [-0.25, -0.2) is 0 Å². The Morgan fingerprint density at radius 1 is 0.633 bits per heavy atom. The molecule has 4 aromatic carbocycles. The molecule has 0 fully saturated rings. The van der Waals surface area contributed by atoms with E-state index in [2.05, 4.69) is 118 Å². The maximum absolute atomic E-state index is 8.06. The molecule has 1 unspecified atom stereocenters. The molecular weight excluding hydrogens is 383 g/mol. The Labute approximate surface area is 182 Å². The average Bonchev–Trinajstić information content (AvgIpc) is 2.79. The Morgan fingerprint density at radius 3 is 1.73 bits per heavy atom. The van der Waals surface area contributed by atoms with Gasteiger partial charge < -0.3 is 0 Å². The highest BCUT2D eigenvalue weighted by molar-refractivity contribution is 7.00. The maximum Gasteiger partial charge on any atom is 0.138 e. The van der Waals surface area contributed by atoms with E-state index in [-0.39, 0.29) is 5.92 Å². The summed E-state index contributed by atoms with van der Waals surface area (Å²) in [6.07, 6.45) is 0. The SMILES string of the molecule is Cc1cc(C)c(C(c2ccccc2)c2ccccc2-c2ccccc2)c(C)c1.O=P. The van der Waals surface area contributed by atoms with E-state index in [9.17, 15) is 0 Å². The predicted molar refractivity (Wildman–Crippen MR) is 129 cm³/mol. The van der Waals surface area contributed by atoms with E-state index in [4.69, 9.17) is 4.57 Å². The minimum Gasteiger partial charge on any atom is -0.279 e. The van der Waals surface area contributed by atoms with Crippen molar-refractivity contribution in [2.24, 2.45) is 0 Å². The molecule has 0 bridgehead atoms. The highest BCUT2D eigenvalue weighted by atomic mass is 31.0. The normalized spacial score (nSPS) is 11.3. The summed E-state index contributed by atoms with van der Waals surface area (Å²) in [7, 11) is 1.72. The lowest BCUT2D eigenvalue weighted by Crippen LogP contribution is -2.09. The lowest BCUT2D eigenvalue weighted by Gasteiger charge is -2.26. The van der Waals surface area contributed by atoms with Gasteiger partial charge in [0.1, 0.15) is 9.12 Å². The van der Waals surface area contributed by atoms with E-state index in [1.165, 1.54) is 44.5 Å². The molecule has 0 N–H and O–H groups in total. The van der Waals surface area contributed by atoms with E-state index in [1.807, 2.05) is 0 Å². The van der Waals surface area contributed by atoms with Gasteiger partial charge in [0.2, 0.25) is 0 Å². The fourth-order valence-electron chi connectivity index (χ4n) is 4.42. The molecule has 1 atom stereocenters. The summed E-state index contributed by atoms with van der Waals surface area (Å²) in [5, 5.41) is 0. The summed E-state index contributed by atoms with van der Waals surface area (Å²) < 4.78 is 8.06. The first kappa shape index (κ1) is 21.7. The molecule has 4 rings (SSSR count). The lowest BCUT2D eigenvalue weighted by molar-refractivity contribution is 0.607.